The van der Waals surface area contributed by atoms with Crippen LogP contribution in [0.15, 0.2) is 6.07 Å². The van der Waals surface area contributed by atoms with Gasteiger partial charge in [-0.25, -0.2) is 4.98 Å². The Labute approximate surface area is 118 Å². The summed E-state index contributed by atoms with van der Waals surface area (Å²) >= 11 is 0. The Bertz CT molecular complexity index is 479. The van der Waals surface area contributed by atoms with Crippen molar-refractivity contribution in [1.29, 1.82) is 0 Å². The van der Waals surface area contributed by atoms with Crippen LogP contribution in [0.3, 0.4) is 0 Å². The van der Waals surface area contributed by atoms with E-state index in [1.165, 1.54) is 0 Å². The van der Waals surface area contributed by atoms with Gasteiger partial charge < -0.3 is 14.7 Å². The molecule has 20 heavy (non-hydrogen) atoms. The molecule has 1 unspecified atom stereocenters. The maximum Gasteiger partial charge on any atom is 0.303 e. The third-order valence-corrected chi connectivity index (χ3v) is 3.62. The summed E-state index contributed by atoms with van der Waals surface area (Å²) in [6.07, 6.45) is 4.11. The molecule has 0 amide bonds. The minimum atomic E-state index is -0.744. The molecule has 1 aliphatic heterocycles. The predicted octanol–water partition coefficient (Wildman–Crippen LogP) is 2.02. The number of carboxylic acids is 1. The Kier molecular flexibility index (Phi) is 4.76. The Morgan fingerprint density at radius 1 is 1.50 bits per heavy atom. The fraction of sp³-hybridized carbons (Fsp3) is 0.643. The van der Waals surface area contributed by atoms with Crippen LogP contribution in [0.25, 0.3) is 0 Å². The minimum Gasteiger partial charge on any atom is -0.481 e. The van der Waals surface area contributed by atoms with Crippen molar-refractivity contribution < 1.29 is 14.6 Å². The lowest BCUT2D eigenvalue weighted by Gasteiger charge is -2.36. The average Bonchev–Trinajstić information content (AvgIpc) is 2.44. The Hall–Kier alpha value is -1.85. The lowest BCUT2D eigenvalue weighted by molar-refractivity contribution is -0.137. The molecule has 0 bridgehead atoms. The van der Waals surface area contributed by atoms with Crippen molar-refractivity contribution in [2.75, 3.05) is 18.6 Å². The zero-order valence-corrected chi connectivity index (χ0v) is 12.0. The summed E-state index contributed by atoms with van der Waals surface area (Å²) in [5.74, 6) is 1.31. The van der Waals surface area contributed by atoms with Crippen LogP contribution in [0.5, 0.6) is 5.88 Å². The number of nitrogens with zero attached hydrogens (tertiary/aromatic N) is 3. The number of aryl methyl sites for hydroxylation is 1. The van der Waals surface area contributed by atoms with Crippen molar-refractivity contribution in [3.05, 3.63) is 11.9 Å². The van der Waals surface area contributed by atoms with Gasteiger partial charge in [0.1, 0.15) is 11.6 Å². The number of ether oxygens (including phenoxy) is 1. The van der Waals surface area contributed by atoms with Crippen LogP contribution in [0, 0.1) is 6.92 Å². The smallest absolute Gasteiger partial charge is 0.303 e. The fourth-order valence-corrected chi connectivity index (χ4v) is 2.67. The Morgan fingerprint density at radius 3 is 3.00 bits per heavy atom. The monoisotopic (exact) mass is 279 g/mol. The van der Waals surface area contributed by atoms with E-state index in [4.69, 9.17) is 9.84 Å². The van der Waals surface area contributed by atoms with Crippen LogP contribution in [0.1, 0.15) is 37.9 Å². The highest BCUT2D eigenvalue weighted by Crippen LogP contribution is 2.27. The van der Waals surface area contributed by atoms with E-state index >= 15 is 0 Å². The third kappa shape index (κ3) is 3.59. The molecule has 2 rings (SSSR count). The first-order valence-electron chi connectivity index (χ1n) is 6.98. The number of carboxylic acid groups (broad SMARTS) is 1. The topological polar surface area (TPSA) is 75.5 Å². The van der Waals surface area contributed by atoms with Crippen LogP contribution < -0.4 is 9.64 Å². The molecule has 0 spiro atoms. The second-order valence-electron chi connectivity index (χ2n) is 5.09. The average molecular weight is 279 g/mol. The summed E-state index contributed by atoms with van der Waals surface area (Å²) < 4.78 is 5.19. The van der Waals surface area contributed by atoms with Crippen molar-refractivity contribution in [3.8, 4) is 5.88 Å². The molecule has 0 saturated carbocycles. The first kappa shape index (κ1) is 14.6. The quantitative estimate of drug-likeness (QED) is 0.888. The van der Waals surface area contributed by atoms with E-state index in [2.05, 4.69) is 14.9 Å². The number of piperidine rings is 1. The molecule has 1 atom stereocenters. The molecule has 0 aromatic carbocycles. The van der Waals surface area contributed by atoms with Gasteiger partial charge in [-0.15, -0.1) is 0 Å². The van der Waals surface area contributed by atoms with Crippen LogP contribution in [-0.2, 0) is 4.79 Å². The summed E-state index contributed by atoms with van der Waals surface area (Å²) in [6, 6.07) is 2.06. The SMILES string of the molecule is COc1cc(N2CCCCC2CCC(=O)O)nc(C)n1. The number of methoxy groups -OCH3 is 1. The van der Waals surface area contributed by atoms with Crippen molar-refractivity contribution in [2.24, 2.45) is 0 Å². The largest absolute Gasteiger partial charge is 0.481 e. The van der Waals surface area contributed by atoms with E-state index in [1.54, 1.807) is 7.11 Å². The predicted molar refractivity (Wildman–Crippen MR) is 75.2 cm³/mol. The molecule has 0 aliphatic carbocycles. The zero-order valence-electron chi connectivity index (χ0n) is 12.0. The highest BCUT2D eigenvalue weighted by molar-refractivity contribution is 5.66. The van der Waals surface area contributed by atoms with Gasteiger partial charge in [-0.2, -0.15) is 4.98 Å². The van der Waals surface area contributed by atoms with Gasteiger partial charge in [-0.05, 0) is 32.6 Å². The van der Waals surface area contributed by atoms with Gasteiger partial charge in [-0.1, -0.05) is 0 Å². The number of rotatable bonds is 5. The summed E-state index contributed by atoms with van der Waals surface area (Å²) in [6.45, 7) is 2.74. The fourth-order valence-electron chi connectivity index (χ4n) is 2.67. The zero-order chi connectivity index (χ0) is 14.5. The maximum absolute atomic E-state index is 10.8. The van der Waals surface area contributed by atoms with Gasteiger partial charge in [0, 0.05) is 25.1 Å². The number of carbonyl (C=O) groups is 1. The summed E-state index contributed by atoms with van der Waals surface area (Å²) in [5.41, 5.74) is 0. The molecule has 1 aromatic heterocycles. The highest BCUT2D eigenvalue weighted by Gasteiger charge is 2.24. The molecule has 1 N–H and O–H groups in total. The molecule has 110 valence electrons. The van der Waals surface area contributed by atoms with E-state index in [0.717, 1.165) is 31.6 Å². The first-order valence-corrected chi connectivity index (χ1v) is 6.98. The molecule has 2 heterocycles. The van der Waals surface area contributed by atoms with Crippen molar-refractivity contribution in [1.82, 2.24) is 9.97 Å². The lowest BCUT2D eigenvalue weighted by Crippen LogP contribution is -2.40. The number of hydrogen-bond acceptors (Lipinski definition) is 5. The van der Waals surface area contributed by atoms with Gasteiger partial charge >= 0.3 is 5.97 Å². The van der Waals surface area contributed by atoms with Crippen molar-refractivity contribution in [3.63, 3.8) is 0 Å². The summed E-state index contributed by atoms with van der Waals surface area (Å²) in [5, 5.41) is 8.86. The van der Waals surface area contributed by atoms with E-state index < -0.39 is 5.97 Å². The second-order valence-corrected chi connectivity index (χ2v) is 5.09. The van der Waals surface area contributed by atoms with Gasteiger partial charge in [0.2, 0.25) is 5.88 Å². The van der Waals surface area contributed by atoms with E-state index in [0.29, 0.717) is 18.1 Å². The maximum atomic E-state index is 10.8. The van der Waals surface area contributed by atoms with Crippen molar-refractivity contribution in [2.45, 2.75) is 45.1 Å². The molecule has 1 aliphatic rings. The van der Waals surface area contributed by atoms with Gasteiger partial charge in [0.25, 0.3) is 0 Å². The molecule has 0 radical (unpaired) electrons. The van der Waals surface area contributed by atoms with Crippen LogP contribution in [0.4, 0.5) is 5.82 Å². The molecular weight excluding hydrogens is 258 g/mol. The summed E-state index contributed by atoms with van der Waals surface area (Å²) in [4.78, 5) is 21.6. The van der Waals surface area contributed by atoms with Crippen LogP contribution in [-0.4, -0.2) is 40.7 Å². The second kappa shape index (κ2) is 6.54. The molecule has 1 saturated heterocycles. The van der Waals surface area contributed by atoms with Gasteiger partial charge in [0.05, 0.1) is 7.11 Å². The van der Waals surface area contributed by atoms with Gasteiger partial charge in [0.15, 0.2) is 0 Å². The molecule has 6 heteroatoms. The lowest BCUT2D eigenvalue weighted by atomic mass is 9.98. The van der Waals surface area contributed by atoms with E-state index in [-0.39, 0.29) is 12.5 Å². The number of aromatic nitrogens is 2. The molecular formula is C14H21N3O3. The number of anilines is 1. The number of aliphatic carboxylic acids is 1. The summed E-state index contributed by atoms with van der Waals surface area (Å²) in [7, 11) is 1.59. The van der Waals surface area contributed by atoms with E-state index in [9.17, 15) is 4.79 Å². The minimum absolute atomic E-state index is 0.197. The normalized spacial score (nSPS) is 18.9. The van der Waals surface area contributed by atoms with Crippen LogP contribution >= 0.6 is 0 Å². The molecule has 1 fully saturated rings. The highest BCUT2D eigenvalue weighted by atomic mass is 16.5. The standard InChI is InChI=1S/C14H21N3O3/c1-10-15-12(9-13(16-10)20-2)17-8-4-3-5-11(17)6-7-14(18)19/h9,11H,3-8H2,1-2H3,(H,18,19). The molecule has 1 aromatic rings. The Morgan fingerprint density at radius 2 is 2.30 bits per heavy atom. The van der Waals surface area contributed by atoms with Gasteiger partial charge in [-0.3, -0.25) is 4.79 Å². The third-order valence-electron chi connectivity index (χ3n) is 3.62. The number of hydrogen-bond donors (Lipinski definition) is 1. The first-order chi connectivity index (χ1) is 9.60. The molecule has 6 nitrogen and oxygen atoms in total. The van der Waals surface area contributed by atoms with Crippen molar-refractivity contribution >= 4 is 11.8 Å². The van der Waals surface area contributed by atoms with Crippen LogP contribution in [0.2, 0.25) is 0 Å². The van der Waals surface area contributed by atoms with E-state index in [1.807, 2.05) is 13.0 Å². The Balaban J connectivity index is 2.18.